The topological polar surface area (TPSA) is 75.5 Å². The zero-order chi connectivity index (χ0) is 19.5. The Morgan fingerprint density at radius 1 is 1.32 bits per heavy atom. The van der Waals surface area contributed by atoms with Crippen molar-refractivity contribution in [1.82, 2.24) is 30.1 Å². The molecule has 9 heteroatoms. The third kappa shape index (κ3) is 4.48. The van der Waals surface area contributed by atoms with E-state index < -0.39 is 0 Å². The molecule has 1 aromatic carbocycles. The summed E-state index contributed by atoms with van der Waals surface area (Å²) >= 11 is 0. The van der Waals surface area contributed by atoms with E-state index in [2.05, 4.69) is 32.5 Å². The van der Waals surface area contributed by atoms with E-state index in [1.807, 2.05) is 6.20 Å². The van der Waals surface area contributed by atoms with Crippen LogP contribution in [0.25, 0.3) is 0 Å². The largest absolute Gasteiger partial charge is 0.493 e. The van der Waals surface area contributed by atoms with Gasteiger partial charge in [0.05, 0.1) is 24.5 Å². The normalized spacial score (nSPS) is 20.4. The summed E-state index contributed by atoms with van der Waals surface area (Å²) in [4.78, 5) is 17.1. The number of likely N-dealkylation sites (N-methyl/N-ethyl adjacent to an activating group) is 1. The average molecular weight is 388 g/mol. The number of nitrogens with one attached hydrogen (secondary N) is 1. The number of nitrogens with zero attached hydrogens (tertiary/aromatic N) is 5. The van der Waals surface area contributed by atoms with Gasteiger partial charge >= 0.3 is 0 Å². The molecule has 1 saturated heterocycles. The zero-order valence-corrected chi connectivity index (χ0v) is 16.0. The third-order valence-corrected chi connectivity index (χ3v) is 5.22. The highest BCUT2D eigenvalue weighted by atomic mass is 19.1. The summed E-state index contributed by atoms with van der Waals surface area (Å²) in [6.07, 6.45) is 2.42. The molecule has 3 heterocycles. The van der Waals surface area contributed by atoms with Crippen molar-refractivity contribution in [2.24, 2.45) is 0 Å². The van der Waals surface area contributed by atoms with Gasteiger partial charge in [0.1, 0.15) is 18.1 Å². The van der Waals surface area contributed by atoms with Crippen LogP contribution in [0.5, 0.6) is 5.75 Å². The Balaban J connectivity index is 1.33. The van der Waals surface area contributed by atoms with E-state index in [1.165, 1.54) is 12.1 Å². The van der Waals surface area contributed by atoms with Gasteiger partial charge in [-0.1, -0.05) is 5.21 Å². The molecule has 4 rings (SSSR count). The molecule has 1 unspecified atom stereocenters. The van der Waals surface area contributed by atoms with E-state index in [4.69, 9.17) is 4.74 Å². The summed E-state index contributed by atoms with van der Waals surface area (Å²) in [5.74, 6) is 0.0969. The van der Waals surface area contributed by atoms with Crippen LogP contribution in [0.3, 0.4) is 0 Å². The minimum absolute atomic E-state index is 0.0811. The first-order chi connectivity index (χ1) is 13.6. The van der Waals surface area contributed by atoms with Crippen molar-refractivity contribution in [2.75, 3.05) is 39.8 Å². The smallest absolute Gasteiger partial charge is 0.242 e. The number of piperazine rings is 1. The molecule has 1 atom stereocenters. The van der Waals surface area contributed by atoms with E-state index in [0.717, 1.165) is 38.4 Å². The first-order valence-electron chi connectivity index (χ1n) is 9.58. The van der Waals surface area contributed by atoms with Crippen LogP contribution in [-0.2, 0) is 17.9 Å². The number of ether oxygens (including phenoxy) is 1. The van der Waals surface area contributed by atoms with Gasteiger partial charge in [-0.25, -0.2) is 9.07 Å². The number of rotatable bonds is 5. The highest BCUT2D eigenvalue weighted by molar-refractivity contribution is 5.76. The number of halogens is 1. The Morgan fingerprint density at radius 2 is 2.14 bits per heavy atom. The summed E-state index contributed by atoms with van der Waals surface area (Å²) in [7, 11) is 2.12. The van der Waals surface area contributed by atoms with Crippen molar-refractivity contribution in [3.8, 4) is 5.75 Å². The first-order valence-corrected chi connectivity index (χ1v) is 9.58. The fourth-order valence-electron chi connectivity index (χ4n) is 3.63. The number of carbonyl (C=O) groups excluding carboxylic acids is 1. The van der Waals surface area contributed by atoms with Crippen LogP contribution >= 0.6 is 0 Å². The Kier molecular flexibility index (Phi) is 5.54. The summed E-state index contributed by atoms with van der Waals surface area (Å²) in [6, 6.07) is 4.12. The maximum atomic E-state index is 13.6. The minimum atomic E-state index is -0.340. The molecule has 2 aromatic rings. The molecule has 0 radical (unpaired) electrons. The standard InChI is InChI=1S/C19H25FN6O2/c1-24-5-7-25(8-6-24)11-15-12-26(23-22-15)13-19(27)21-17-4-9-28-18-3-2-14(20)10-16(17)18/h2-3,10,12,17H,4-9,11,13H2,1H3,(H,21,27). The summed E-state index contributed by atoms with van der Waals surface area (Å²) < 4.78 is 20.7. The van der Waals surface area contributed by atoms with Crippen LogP contribution in [-0.4, -0.2) is 70.5 Å². The lowest BCUT2D eigenvalue weighted by atomic mass is 10.0. The van der Waals surface area contributed by atoms with Gasteiger partial charge in [0, 0.05) is 44.7 Å². The fourth-order valence-corrected chi connectivity index (χ4v) is 3.63. The second kappa shape index (κ2) is 8.24. The second-order valence-corrected chi connectivity index (χ2v) is 7.43. The number of benzene rings is 1. The van der Waals surface area contributed by atoms with Gasteiger partial charge in [-0.2, -0.15) is 0 Å². The molecule has 1 fully saturated rings. The van der Waals surface area contributed by atoms with Crippen LogP contribution in [0.1, 0.15) is 23.7 Å². The predicted molar refractivity (Wildman–Crippen MR) is 100 cm³/mol. The number of amides is 1. The Labute approximate surface area is 163 Å². The highest BCUT2D eigenvalue weighted by Gasteiger charge is 2.24. The van der Waals surface area contributed by atoms with Gasteiger partial charge in [0.2, 0.25) is 5.91 Å². The molecule has 0 spiro atoms. The summed E-state index contributed by atoms with van der Waals surface area (Å²) in [5.41, 5.74) is 1.53. The quantitative estimate of drug-likeness (QED) is 0.817. The lowest BCUT2D eigenvalue weighted by molar-refractivity contribution is -0.122. The minimum Gasteiger partial charge on any atom is -0.493 e. The average Bonchev–Trinajstić information content (AvgIpc) is 3.11. The van der Waals surface area contributed by atoms with Crippen LogP contribution in [0.4, 0.5) is 4.39 Å². The molecule has 0 saturated carbocycles. The van der Waals surface area contributed by atoms with E-state index in [0.29, 0.717) is 24.3 Å². The van der Waals surface area contributed by atoms with Crippen LogP contribution < -0.4 is 10.1 Å². The number of hydrogen-bond acceptors (Lipinski definition) is 6. The first kappa shape index (κ1) is 18.8. The highest BCUT2D eigenvalue weighted by Crippen LogP contribution is 2.32. The van der Waals surface area contributed by atoms with Gasteiger partial charge in [-0.15, -0.1) is 5.10 Å². The number of aromatic nitrogens is 3. The molecule has 2 aliphatic rings. The molecule has 2 aliphatic heterocycles. The van der Waals surface area contributed by atoms with Crippen molar-refractivity contribution in [3.05, 3.63) is 41.5 Å². The monoisotopic (exact) mass is 388 g/mol. The molecular weight excluding hydrogens is 363 g/mol. The van der Waals surface area contributed by atoms with Crippen LogP contribution in [0, 0.1) is 5.82 Å². The number of carbonyl (C=O) groups is 1. The predicted octanol–water partition coefficient (Wildman–Crippen LogP) is 0.805. The second-order valence-electron chi connectivity index (χ2n) is 7.43. The van der Waals surface area contributed by atoms with Crippen LogP contribution in [0.15, 0.2) is 24.4 Å². The molecule has 8 nitrogen and oxygen atoms in total. The van der Waals surface area contributed by atoms with E-state index >= 15 is 0 Å². The lowest BCUT2D eigenvalue weighted by Gasteiger charge is -2.31. The van der Waals surface area contributed by atoms with E-state index in [1.54, 1.807) is 10.7 Å². The van der Waals surface area contributed by atoms with Gasteiger partial charge in [0.15, 0.2) is 0 Å². The van der Waals surface area contributed by atoms with Crippen molar-refractivity contribution in [1.29, 1.82) is 0 Å². The Bertz CT molecular complexity index is 834. The molecule has 1 aromatic heterocycles. The molecule has 1 amide bonds. The Hall–Kier alpha value is -2.52. The number of fused-ring (bicyclic) bond motifs is 1. The van der Waals surface area contributed by atoms with Crippen molar-refractivity contribution in [2.45, 2.75) is 25.6 Å². The molecule has 0 bridgehead atoms. The summed E-state index contributed by atoms with van der Waals surface area (Å²) in [5, 5.41) is 11.2. The zero-order valence-electron chi connectivity index (χ0n) is 16.0. The molecule has 1 N–H and O–H groups in total. The van der Waals surface area contributed by atoms with Crippen molar-refractivity contribution in [3.63, 3.8) is 0 Å². The van der Waals surface area contributed by atoms with Crippen LogP contribution in [0.2, 0.25) is 0 Å². The van der Waals surface area contributed by atoms with E-state index in [-0.39, 0.29) is 24.3 Å². The molecule has 28 heavy (non-hydrogen) atoms. The maximum Gasteiger partial charge on any atom is 0.242 e. The van der Waals surface area contributed by atoms with Gasteiger partial charge < -0.3 is 15.0 Å². The maximum absolute atomic E-state index is 13.6. The van der Waals surface area contributed by atoms with Crippen molar-refractivity contribution >= 4 is 5.91 Å². The lowest BCUT2D eigenvalue weighted by Crippen LogP contribution is -2.43. The number of hydrogen-bond donors (Lipinski definition) is 1. The molecule has 0 aliphatic carbocycles. The third-order valence-electron chi connectivity index (χ3n) is 5.22. The molecular formula is C19H25FN6O2. The van der Waals surface area contributed by atoms with Gasteiger partial charge in [-0.05, 0) is 25.2 Å². The van der Waals surface area contributed by atoms with E-state index in [9.17, 15) is 9.18 Å². The summed E-state index contributed by atoms with van der Waals surface area (Å²) in [6.45, 7) is 5.41. The fraction of sp³-hybridized carbons (Fsp3) is 0.526. The SMILES string of the molecule is CN1CCN(Cc2cn(CC(=O)NC3CCOc4ccc(F)cc43)nn2)CC1. The molecule has 150 valence electrons. The van der Waals surface area contributed by atoms with Gasteiger partial charge in [0.25, 0.3) is 0 Å². The Morgan fingerprint density at radius 3 is 2.96 bits per heavy atom. The van der Waals surface area contributed by atoms with Gasteiger partial charge in [-0.3, -0.25) is 9.69 Å². The van der Waals surface area contributed by atoms with Crippen molar-refractivity contribution < 1.29 is 13.9 Å².